The molecule has 2 aromatic carbocycles. The molecule has 0 unspecified atom stereocenters. The van der Waals surface area contributed by atoms with Gasteiger partial charge in [-0.05, 0) is 40.8 Å². The minimum atomic E-state index is 0.703. The quantitative estimate of drug-likeness (QED) is 0.777. The Hall–Kier alpha value is -2.89. The molecule has 6 heteroatoms. The molecule has 0 saturated heterocycles. The van der Waals surface area contributed by atoms with Gasteiger partial charge in [-0.3, -0.25) is 0 Å². The van der Waals surface area contributed by atoms with Gasteiger partial charge in [0.25, 0.3) is 0 Å². The zero-order chi connectivity index (χ0) is 14.5. The number of benzene rings is 2. The lowest BCUT2D eigenvalue weighted by Gasteiger charge is -2.10. The third-order valence-electron chi connectivity index (χ3n) is 3.16. The van der Waals surface area contributed by atoms with Gasteiger partial charge in [-0.1, -0.05) is 18.2 Å². The fourth-order valence-corrected chi connectivity index (χ4v) is 2.06. The van der Waals surface area contributed by atoms with E-state index in [2.05, 4.69) is 20.8 Å². The van der Waals surface area contributed by atoms with E-state index in [-0.39, 0.29) is 0 Å². The smallest absolute Gasteiger partial charge is 0.143 e. The van der Waals surface area contributed by atoms with Crippen molar-refractivity contribution < 1.29 is 4.74 Å². The number of hydrogen-bond donors (Lipinski definition) is 1. The highest BCUT2D eigenvalue weighted by atomic mass is 16.5. The average molecular weight is 281 g/mol. The second kappa shape index (κ2) is 6.04. The van der Waals surface area contributed by atoms with Crippen LogP contribution in [0.1, 0.15) is 5.56 Å². The molecular weight excluding hydrogens is 266 g/mol. The average Bonchev–Trinajstić information content (AvgIpc) is 3.08. The van der Waals surface area contributed by atoms with Crippen molar-refractivity contribution in [3.8, 4) is 11.4 Å². The van der Waals surface area contributed by atoms with Crippen LogP contribution >= 0.6 is 0 Å². The van der Waals surface area contributed by atoms with Crippen LogP contribution < -0.4 is 10.1 Å². The molecule has 1 aromatic heterocycles. The lowest BCUT2D eigenvalue weighted by molar-refractivity contribution is 0.410. The first-order valence-corrected chi connectivity index (χ1v) is 6.56. The Balaban J connectivity index is 1.68. The molecule has 0 aliphatic rings. The molecule has 0 bridgehead atoms. The summed E-state index contributed by atoms with van der Waals surface area (Å²) in [4.78, 5) is 0. The first kappa shape index (κ1) is 13.1. The van der Waals surface area contributed by atoms with Crippen LogP contribution in [-0.2, 0) is 6.54 Å². The van der Waals surface area contributed by atoms with E-state index >= 15 is 0 Å². The first-order valence-electron chi connectivity index (χ1n) is 6.56. The molecule has 1 N–H and O–H groups in total. The molecular formula is C15H15N5O. The molecule has 1 heterocycles. The van der Waals surface area contributed by atoms with Crippen molar-refractivity contribution in [3.63, 3.8) is 0 Å². The number of hydrogen-bond acceptors (Lipinski definition) is 5. The van der Waals surface area contributed by atoms with E-state index in [9.17, 15) is 0 Å². The minimum Gasteiger partial charge on any atom is -0.496 e. The van der Waals surface area contributed by atoms with Crippen LogP contribution in [0.4, 0.5) is 5.69 Å². The van der Waals surface area contributed by atoms with Gasteiger partial charge < -0.3 is 10.1 Å². The molecule has 0 radical (unpaired) electrons. The van der Waals surface area contributed by atoms with Gasteiger partial charge in [0.2, 0.25) is 0 Å². The molecule has 3 rings (SSSR count). The number of methoxy groups -OCH3 is 1. The van der Waals surface area contributed by atoms with Gasteiger partial charge in [-0.2, -0.15) is 0 Å². The van der Waals surface area contributed by atoms with Gasteiger partial charge in [0, 0.05) is 17.8 Å². The Bertz CT molecular complexity index is 694. The molecule has 0 aliphatic heterocycles. The Labute approximate surface area is 122 Å². The Morgan fingerprint density at radius 2 is 1.90 bits per heavy atom. The minimum absolute atomic E-state index is 0.703. The van der Waals surface area contributed by atoms with Gasteiger partial charge in [0.15, 0.2) is 0 Å². The number of ether oxygens (including phenoxy) is 1. The summed E-state index contributed by atoms with van der Waals surface area (Å²) in [5, 5.41) is 14.5. The molecule has 3 aromatic rings. The van der Waals surface area contributed by atoms with Gasteiger partial charge in [0.05, 0.1) is 12.8 Å². The summed E-state index contributed by atoms with van der Waals surface area (Å²) in [5.74, 6) is 0.885. The number of aromatic nitrogens is 4. The summed E-state index contributed by atoms with van der Waals surface area (Å²) in [7, 11) is 1.68. The van der Waals surface area contributed by atoms with Crippen molar-refractivity contribution in [1.29, 1.82) is 0 Å². The molecule has 0 spiro atoms. The van der Waals surface area contributed by atoms with Gasteiger partial charge >= 0.3 is 0 Å². The highest BCUT2D eigenvalue weighted by molar-refractivity contribution is 5.49. The number of tetrazole rings is 1. The third-order valence-corrected chi connectivity index (χ3v) is 3.16. The maximum absolute atomic E-state index is 5.34. The second-order valence-electron chi connectivity index (χ2n) is 4.47. The molecule has 21 heavy (non-hydrogen) atoms. The monoisotopic (exact) mass is 281 g/mol. The highest BCUT2D eigenvalue weighted by Crippen LogP contribution is 2.19. The maximum atomic E-state index is 5.34. The fraction of sp³-hybridized carbons (Fsp3) is 0.133. The van der Waals surface area contributed by atoms with Crippen molar-refractivity contribution in [1.82, 2.24) is 20.2 Å². The van der Waals surface area contributed by atoms with Crippen molar-refractivity contribution in [2.75, 3.05) is 12.4 Å². The zero-order valence-electron chi connectivity index (χ0n) is 11.6. The van der Waals surface area contributed by atoms with E-state index < -0.39 is 0 Å². The number of para-hydroxylation sites is 1. The molecule has 0 atom stereocenters. The number of nitrogens with one attached hydrogen (secondary N) is 1. The predicted octanol–water partition coefficient (Wildman–Crippen LogP) is 2.28. The van der Waals surface area contributed by atoms with Crippen LogP contribution in [-0.4, -0.2) is 27.3 Å². The topological polar surface area (TPSA) is 64.9 Å². The van der Waals surface area contributed by atoms with E-state index in [0.717, 1.165) is 22.7 Å². The van der Waals surface area contributed by atoms with Crippen molar-refractivity contribution >= 4 is 5.69 Å². The number of rotatable bonds is 5. The largest absolute Gasteiger partial charge is 0.496 e. The lowest BCUT2D eigenvalue weighted by atomic mass is 10.2. The fourth-order valence-electron chi connectivity index (χ4n) is 2.06. The van der Waals surface area contributed by atoms with Crippen LogP contribution in [0.15, 0.2) is 54.9 Å². The highest BCUT2D eigenvalue weighted by Gasteiger charge is 2.02. The van der Waals surface area contributed by atoms with Gasteiger partial charge in [-0.25, -0.2) is 4.68 Å². The Kier molecular flexibility index (Phi) is 3.77. The summed E-state index contributed by atoms with van der Waals surface area (Å²) >= 11 is 0. The van der Waals surface area contributed by atoms with Crippen LogP contribution in [0.5, 0.6) is 5.75 Å². The molecule has 106 valence electrons. The van der Waals surface area contributed by atoms with E-state index in [0.29, 0.717) is 6.54 Å². The molecule has 0 saturated carbocycles. The summed E-state index contributed by atoms with van der Waals surface area (Å²) in [6.45, 7) is 0.703. The molecule has 6 nitrogen and oxygen atoms in total. The predicted molar refractivity (Wildman–Crippen MR) is 79.5 cm³/mol. The summed E-state index contributed by atoms with van der Waals surface area (Å²) in [6.07, 6.45) is 1.57. The van der Waals surface area contributed by atoms with E-state index in [1.54, 1.807) is 18.1 Å². The van der Waals surface area contributed by atoms with Crippen LogP contribution in [0.3, 0.4) is 0 Å². The van der Waals surface area contributed by atoms with E-state index in [4.69, 9.17) is 4.74 Å². The van der Waals surface area contributed by atoms with Crippen LogP contribution in [0.25, 0.3) is 5.69 Å². The van der Waals surface area contributed by atoms with Gasteiger partial charge in [0.1, 0.15) is 12.1 Å². The third kappa shape index (κ3) is 3.00. The van der Waals surface area contributed by atoms with Crippen LogP contribution in [0.2, 0.25) is 0 Å². The second-order valence-corrected chi connectivity index (χ2v) is 4.47. The first-order chi connectivity index (χ1) is 10.4. The van der Waals surface area contributed by atoms with E-state index in [1.165, 1.54) is 0 Å². The van der Waals surface area contributed by atoms with Gasteiger partial charge in [-0.15, -0.1) is 5.10 Å². The summed E-state index contributed by atoms with van der Waals surface area (Å²) in [5.41, 5.74) is 3.06. The van der Waals surface area contributed by atoms with Crippen molar-refractivity contribution in [2.24, 2.45) is 0 Å². The molecule has 0 fully saturated rings. The lowest BCUT2D eigenvalue weighted by Crippen LogP contribution is -2.02. The van der Waals surface area contributed by atoms with E-state index in [1.807, 2.05) is 48.5 Å². The number of anilines is 1. The zero-order valence-corrected chi connectivity index (χ0v) is 11.6. The van der Waals surface area contributed by atoms with Crippen LogP contribution in [0, 0.1) is 0 Å². The normalized spacial score (nSPS) is 10.3. The molecule has 0 aliphatic carbocycles. The Morgan fingerprint density at radius 1 is 1.10 bits per heavy atom. The maximum Gasteiger partial charge on any atom is 0.143 e. The SMILES string of the molecule is COc1ccccc1CNc1ccc(-n2cnnn2)cc1. The number of nitrogens with zero attached hydrogens (tertiary/aromatic N) is 4. The standard InChI is InChI=1S/C15H15N5O/c1-21-15-5-3-2-4-12(15)10-16-13-6-8-14(9-7-13)20-11-17-18-19-20/h2-9,11,16H,10H2,1H3. The molecule has 0 amide bonds. The Morgan fingerprint density at radius 3 is 2.62 bits per heavy atom. The van der Waals surface area contributed by atoms with Crippen molar-refractivity contribution in [2.45, 2.75) is 6.54 Å². The van der Waals surface area contributed by atoms with Crippen molar-refractivity contribution in [3.05, 3.63) is 60.4 Å². The summed E-state index contributed by atoms with van der Waals surface area (Å²) in [6, 6.07) is 15.9. The summed E-state index contributed by atoms with van der Waals surface area (Å²) < 4.78 is 6.95.